The fraction of sp³-hybridized carbons (Fsp3) is 0.846. The van der Waals surface area contributed by atoms with Crippen LogP contribution >= 0.6 is 0 Å². The van der Waals surface area contributed by atoms with Crippen molar-refractivity contribution >= 4 is 11.8 Å². The van der Waals surface area contributed by atoms with E-state index in [1.807, 2.05) is 0 Å². The third-order valence-corrected chi connectivity index (χ3v) is 3.44. The van der Waals surface area contributed by atoms with Crippen molar-refractivity contribution in [3.05, 3.63) is 0 Å². The summed E-state index contributed by atoms with van der Waals surface area (Å²) in [6.07, 6.45) is 4.67. The maximum absolute atomic E-state index is 11.9. The maximum Gasteiger partial charge on any atom is 0.238 e. The molecule has 1 heterocycles. The molecule has 2 atom stereocenters. The summed E-state index contributed by atoms with van der Waals surface area (Å²) in [5.74, 6) is 0.505. The Bertz CT molecular complexity index is 271. The topological polar surface area (TPSA) is 70.2 Å². The molecule has 2 amide bonds. The summed E-state index contributed by atoms with van der Waals surface area (Å²) in [5, 5.41) is 8.59. The Morgan fingerprint density at radius 2 is 2.28 bits per heavy atom. The highest BCUT2D eigenvalue weighted by Gasteiger charge is 2.23. The van der Waals surface area contributed by atoms with Gasteiger partial charge in [0, 0.05) is 13.1 Å². The molecule has 0 bridgehead atoms. The van der Waals surface area contributed by atoms with Gasteiger partial charge in [-0.25, -0.2) is 0 Å². The van der Waals surface area contributed by atoms with Crippen molar-refractivity contribution in [1.82, 2.24) is 16.0 Å². The molecule has 1 rings (SSSR count). The lowest BCUT2D eigenvalue weighted by atomic mass is 9.99. The van der Waals surface area contributed by atoms with Gasteiger partial charge >= 0.3 is 0 Å². The van der Waals surface area contributed by atoms with Crippen molar-refractivity contribution in [2.24, 2.45) is 5.92 Å². The van der Waals surface area contributed by atoms with Crippen molar-refractivity contribution in [3.63, 3.8) is 0 Å². The molecule has 0 aliphatic carbocycles. The number of rotatable bonds is 7. The molecule has 0 aromatic rings. The van der Waals surface area contributed by atoms with Crippen LogP contribution in [0.15, 0.2) is 0 Å². The minimum Gasteiger partial charge on any atom is -0.354 e. The van der Waals surface area contributed by atoms with E-state index in [-0.39, 0.29) is 24.4 Å². The van der Waals surface area contributed by atoms with E-state index in [0.717, 1.165) is 13.0 Å². The molecule has 0 aromatic carbocycles. The van der Waals surface area contributed by atoms with Crippen molar-refractivity contribution < 1.29 is 9.59 Å². The number of carbonyl (C=O) groups is 2. The monoisotopic (exact) mass is 255 g/mol. The van der Waals surface area contributed by atoms with Crippen molar-refractivity contribution in [2.75, 3.05) is 19.6 Å². The highest BCUT2D eigenvalue weighted by Crippen LogP contribution is 2.11. The minimum absolute atomic E-state index is 0.00931. The predicted molar refractivity (Wildman–Crippen MR) is 71.1 cm³/mol. The summed E-state index contributed by atoms with van der Waals surface area (Å²) in [6, 6.07) is -0.286. The number of piperazine rings is 1. The Morgan fingerprint density at radius 3 is 2.83 bits per heavy atom. The highest BCUT2D eigenvalue weighted by molar-refractivity contribution is 5.86. The van der Waals surface area contributed by atoms with E-state index in [1.54, 1.807) is 0 Å². The van der Waals surface area contributed by atoms with E-state index in [9.17, 15) is 9.59 Å². The van der Waals surface area contributed by atoms with E-state index in [0.29, 0.717) is 12.5 Å². The maximum atomic E-state index is 11.9. The van der Waals surface area contributed by atoms with Gasteiger partial charge in [-0.05, 0) is 12.3 Å². The molecule has 5 nitrogen and oxygen atoms in total. The van der Waals surface area contributed by atoms with Gasteiger partial charge in [-0.3, -0.25) is 14.9 Å². The average Bonchev–Trinajstić information content (AvgIpc) is 2.39. The van der Waals surface area contributed by atoms with Gasteiger partial charge in [-0.15, -0.1) is 0 Å². The number of hydrogen-bond donors (Lipinski definition) is 3. The second kappa shape index (κ2) is 8.08. The first-order valence-electron chi connectivity index (χ1n) is 6.95. The summed E-state index contributed by atoms with van der Waals surface area (Å²) in [7, 11) is 0. The van der Waals surface area contributed by atoms with Gasteiger partial charge in [-0.1, -0.05) is 33.1 Å². The summed E-state index contributed by atoms with van der Waals surface area (Å²) in [6.45, 7) is 5.69. The lowest BCUT2D eigenvalue weighted by Gasteiger charge is -2.24. The van der Waals surface area contributed by atoms with Gasteiger partial charge in [0.15, 0.2) is 0 Å². The zero-order chi connectivity index (χ0) is 13.4. The number of amides is 2. The zero-order valence-corrected chi connectivity index (χ0v) is 11.4. The van der Waals surface area contributed by atoms with Crippen LogP contribution in [-0.4, -0.2) is 37.5 Å². The predicted octanol–water partition coefficient (Wildman–Crippen LogP) is 0.407. The first-order chi connectivity index (χ1) is 8.67. The molecule has 1 fully saturated rings. The fourth-order valence-electron chi connectivity index (χ4n) is 2.06. The van der Waals surface area contributed by atoms with Crippen LogP contribution in [0.25, 0.3) is 0 Å². The molecule has 0 spiro atoms. The lowest BCUT2D eigenvalue weighted by molar-refractivity contribution is -0.126. The molecule has 1 aliphatic rings. The molecule has 0 aromatic heterocycles. The van der Waals surface area contributed by atoms with Crippen molar-refractivity contribution in [2.45, 2.75) is 45.6 Å². The number of unbranched alkanes of at least 4 members (excludes halogenated alkanes) is 1. The normalized spacial score (nSPS) is 21.2. The van der Waals surface area contributed by atoms with Crippen LogP contribution in [0.1, 0.15) is 39.5 Å². The number of hydrogen-bond acceptors (Lipinski definition) is 3. The van der Waals surface area contributed by atoms with Gasteiger partial charge in [0.2, 0.25) is 11.8 Å². The third kappa shape index (κ3) is 5.04. The quantitative estimate of drug-likeness (QED) is 0.617. The lowest BCUT2D eigenvalue weighted by Crippen LogP contribution is -2.58. The summed E-state index contributed by atoms with van der Waals surface area (Å²) < 4.78 is 0. The third-order valence-electron chi connectivity index (χ3n) is 3.44. The molecule has 0 radical (unpaired) electrons. The van der Waals surface area contributed by atoms with E-state index >= 15 is 0 Å². The second-order valence-electron chi connectivity index (χ2n) is 4.90. The fourth-order valence-corrected chi connectivity index (χ4v) is 2.06. The van der Waals surface area contributed by atoms with Crippen LogP contribution in [0.3, 0.4) is 0 Å². The molecule has 0 saturated carbocycles. The molecule has 104 valence electrons. The van der Waals surface area contributed by atoms with Crippen LogP contribution in [-0.2, 0) is 9.59 Å². The Hall–Kier alpha value is -1.10. The highest BCUT2D eigenvalue weighted by atomic mass is 16.2. The second-order valence-corrected chi connectivity index (χ2v) is 4.90. The van der Waals surface area contributed by atoms with Gasteiger partial charge in [0.05, 0.1) is 6.54 Å². The SMILES string of the molecule is CCCCC(CC)CNC(=O)C1CNC(=O)CN1. The van der Waals surface area contributed by atoms with Gasteiger partial charge in [0.1, 0.15) is 6.04 Å². The van der Waals surface area contributed by atoms with Gasteiger partial charge < -0.3 is 10.6 Å². The van der Waals surface area contributed by atoms with E-state index < -0.39 is 0 Å². The average molecular weight is 255 g/mol. The van der Waals surface area contributed by atoms with Gasteiger partial charge in [-0.2, -0.15) is 0 Å². The first kappa shape index (κ1) is 15.0. The summed E-state index contributed by atoms with van der Waals surface area (Å²) in [5.41, 5.74) is 0. The van der Waals surface area contributed by atoms with Crippen molar-refractivity contribution in [1.29, 1.82) is 0 Å². The van der Waals surface area contributed by atoms with Gasteiger partial charge in [0.25, 0.3) is 0 Å². The van der Waals surface area contributed by atoms with Crippen LogP contribution in [0, 0.1) is 5.92 Å². The number of nitrogens with one attached hydrogen (secondary N) is 3. The standard InChI is InChI=1S/C13H25N3O2/c1-3-5-6-10(4-2)7-16-13(18)11-8-15-12(17)9-14-11/h10-11,14H,3-9H2,1-2H3,(H,15,17)(H,16,18). The molecule has 1 saturated heterocycles. The van der Waals surface area contributed by atoms with E-state index in [1.165, 1.54) is 19.3 Å². The molecular weight excluding hydrogens is 230 g/mol. The van der Waals surface area contributed by atoms with Crippen LogP contribution in [0.2, 0.25) is 0 Å². The van der Waals surface area contributed by atoms with Crippen LogP contribution < -0.4 is 16.0 Å². The molecule has 1 aliphatic heterocycles. The largest absolute Gasteiger partial charge is 0.354 e. The Kier molecular flexibility index (Phi) is 6.72. The van der Waals surface area contributed by atoms with Crippen LogP contribution in [0.5, 0.6) is 0 Å². The van der Waals surface area contributed by atoms with Crippen molar-refractivity contribution in [3.8, 4) is 0 Å². The molecule has 2 unspecified atom stereocenters. The zero-order valence-electron chi connectivity index (χ0n) is 11.4. The Labute approximate surface area is 109 Å². The molecule has 18 heavy (non-hydrogen) atoms. The van der Waals surface area contributed by atoms with E-state index in [2.05, 4.69) is 29.8 Å². The molecular formula is C13H25N3O2. The summed E-state index contributed by atoms with van der Waals surface area (Å²) in [4.78, 5) is 22.8. The van der Waals surface area contributed by atoms with Crippen LogP contribution in [0.4, 0.5) is 0 Å². The summed E-state index contributed by atoms with van der Waals surface area (Å²) >= 11 is 0. The number of carbonyl (C=O) groups excluding carboxylic acids is 2. The first-order valence-corrected chi connectivity index (χ1v) is 6.95. The smallest absolute Gasteiger partial charge is 0.238 e. The molecule has 3 N–H and O–H groups in total. The minimum atomic E-state index is -0.286. The van der Waals surface area contributed by atoms with E-state index in [4.69, 9.17) is 0 Å². The Balaban J connectivity index is 2.24. The Morgan fingerprint density at radius 1 is 1.50 bits per heavy atom. The molecule has 5 heteroatoms.